The summed E-state index contributed by atoms with van der Waals surface area (Å²) in [5.41, 5.74) is 0.465. The molecule has 1 aromatic heterocycles. The van der Waals surface area contributed by atoms with Gasteiger partial charge >= 0.3 is 5.97 Å². The minimum absolute atomic E-state index is 0.184. The fourth-order valence-electron chi connectivity index (χ4n) is 2.05. The van der Waals surface area contributed by atoms with E-state index < -0.39 is 17.9 Å². The number of rotatable bonds is 6. The third-order valence-corrected chi connectivity index (χ3v) is 3.36. The maximum Gasteiger partial charge on any atom is 0.339 e. The molecular formula is C17H17NO6. The molecule has 0 amide bonds. The van der Waals surface area contributed by atoms with Crippen molar-refractivity contribution in [1.82, 2.24) is 0 Å². The van der Waals surface area contributed by atoms with Crippen LogP contribution in [0.3, 0.4) is 0 Å². The van der Waals surface area contributed by atoms with Crippen LogP contribution in [0.5, 0.6) is 11.5 Å². The van der Waals surface area contributed by atoms with E-state index in [-0.39, 0.29) is 11.1 Å². The SMILES string of the molecule is COc1ccc(C(=O)C(C)OC(=O)c2cc[n+]([O-])cc2)c(OC)c1. The highest BCUT2D eigenvalue weighted by molar-refractivity contribution is 6.03. The number of ether oxygens (including phenoxy) is 3. The van der Waals surface area contributed by atoms with Gasteiger partial charge in [0.05, 0.1) is 25.3 Å². The van der Waals surface area contributed by atoms with Crippen LogP contribution in [0.2, 0.25) is 0 Å². The van der Waals surface area contributed by atoms with Crippen molar-refractivity contribution in [2.45, 2.75) is 13.0 Å². The highest BCUT2D eigenvalue weighted by Gasteiger charge is 2.23. The van der Waals surface area contributed by atoms with Crippen LogP contribution < -0.4 is 14.2 Å². The predicted molar refractivity (Wildman–Crippen MR) is 84.2 cm³/mol. The summed E-state index contributed by atoms with van der Waals surface area (Å²) in [6.45, 7) is 1.47. The number of Topliss-reactive ketones (excluding diaryl/α,β-unsaturated/α-hetero) is 1. The van der Waals surface area contributed by atoms with Gasteiger partial charge in [-0.1, -0.05) is 0 Å². The van der Waals surface area contributed by atoms with E-state index in [9.17, 15) is 14.8 Å². The quantitative estimate of drug-likeness (QED) is 0.347. The molecule has 7 heteroatoms. The normalized spacial score (nSPS) is 11.5. The van der Waals surface area contributed by atoms with Crippen molar-refractivity contribution in [2.75, 3.05) is 14.2 Å². The highest BCUT2D eigenvalue weighted by atomic mass is 16.5. The van der Waals surface area contributed by atoms with Crippen LogP contribution >= 0.6 is 0 Å². The lowest BCUT2D eigenvalue weighted by Crippen LogP contribution is -2.27. The zero-order valence-corrected chi connectivity index (χ0v) is 13.5. The number of methoxy groups -OCH3 is 2. The van der Waals surface area contributed by atoms with Gasteiger partial charge in [-0.3, -0.25) is 4.79 Å². The second-order valence-corrected chi connectivity index (χ2v) is 4.92. The van der Waals surface area contributed by atoms with Crippen molar-refractivity contribution in [3.63, 3.8) is 0 Å². The van der Waals surface area contributed by atoms with E-state index in [1.165, 1.54) is 45.7 Å². The summed E-state index contributed by atoms with van der Waals surface area (Å²) in [5, 5.41) is 11.0. The van der Waals surface area contributed by atoms with Crippen molar-refractivity contribution >= 4 is 11.8 Å². The zero-order chi connectivity index (χ0) is 17.7. The number of ketones is 1. The lowest BCUT2D eigenvalue weighted by Gasteiger charge is -2.15. The number of hydrogen-bond acceptors (Lipinski definition) is 6. The van der Waals surface area contributed by atoms with E-state index in [0.29, 0.717) is 16.2 Å². The second kappa shape index (κ2) is 7.45. The molecule has 0 fully saturated rings. The van der Waals surface area contributed by atoms with E-state index in [2.05, 4.69) is 0 Å². The van der Waals surface area contributed by atoms with Crippen LogP contribution in [0, 0.1) is 5.21 Å². The molecule has 1 aromatic carbocycles. The van der Waals surface area contributed by atoms with Crippen LogP contribution in [0.15, 0.2) is 42.7 Å². The molecule has 1 unspecified atom stereocenters. The van der Waals surface area contributed by atoms with E-state index in [1.807, 2.05) is 0 Å². The second-order valence-electron chi connectivity index (χ2n) is 4.92. The number of carbonyl (C=O) groups excluding carboxylic acids is 2. The standard InChI is InChI=1S/C17H17NO6/c1-11(24-17(20)12-6-8-18(21)9-7-12)16(19)14-5-4-13(22-2)10-15(14)23-3/h4-11H,1-3H3. The van der Waals surface area contributed by atoms with Gasteiger partial charge in [0.15, 0.2) is 18.5 Å². The molecule has 2 rings (SSSR count). The first-order valence-electron chi connectivity index (χ1n) is 7.12. The van der Waals surface area contributed by atoms with Crippen molar-refractivity contribution in [2.24, 2.45) is 0 Å². The van der Waals surface area contributed by atoms with Gasteiger partial charge in [-0.25, -0.2) is 4.79 Å². The van der Waals surface area contributed by atoms with Crippen LogP contribution in [-0.2, 0) is 4.74 Å². The van der Waals surface area contributed by atoms with Crippen molar-refractivity contribution in [3.8, 4) is 11.5 Å². The molecule has 0 spiro atoms. The van der Waals surface area contributed by atoms with Crippen molar-refractivity contribution in [3.05, 3.63) is 59.1 Å². The van der Waals surface area contributed by atoms with Gasteiger partial charge in [-0.15, -0.1) is 0 Å². The molecule has 7 nitrogen and oxygen atoms in total. The smallest absolute Gasteiger partial charge is 0.339 e. The predicted octanol–water partition coefficient (Wildman–Crippen LogP) is 1.77. The molecule has 126 valence electrons. The Balaban J connectivity index is 2.14. The molecule has 0 aliphatic rings. The molecule has 0 bridgehead atoms. The fourth-order valence-corrected chi connectivity index (χ4v) is 2.05. The monoisotopic (exact) mass is 331 g/mol. The molecule has 1 atom stereocenters. The topological polar surface area (TPSA) is 88.8 Å². The molecule has 0 saturated carbocycles. The van der Waals surface area contributed by atoms with E-state index >= 15 is 0 Å². The molecule has 0 aliphatic carbocycles. The van der Waals surface area contributed by atoms with Gasteiger partial charge in [-0.05, 0) is 19.1 Å². The lowest BCUT2D eigenvalue weighted by atomic mass is 10.1. The molecule has 0 saturated heterocycles. The Morgan fingerprint density at radius 1 is 1.08 bits per heavy atom. The summed E-state index contributed by atoms with van der Waals surface area (Å²) >= 11 is 0. The van der Waals surface area contributed by atoms with Gasteiger partial charge in [0.25, 0.3) is 0 Å². The molecule has 0 N–H and O–H groups in total. The van der Waals surface area contributed by atoms with E-state index in [1.54, 1.807) is 18.2 Å². The summed E-state index contributed by atoms with van der Waals surface area (Å²) < 4.78 is 16.0. The number of hydrogen-bond donors (Lipinski definition) is 0. The average molecular weight is 331 g/mol. The number of benzene rings is 1. The Morgan fingerprint density at radius 3 is 2.33 bits per heavy atom. The van der Waals surface area contributed by atoms with Crippen molar-refractivity contribution in [1.29, 1.82) is 0 Å². The van der Waals surface area contributed by atoms with Crippen LogP contribution in [0.4, 0.5) is 0 Å². The lowest BCUT2D eigenvalue weighted by molar-refractivity contribution is -0.605. The summed E-state index contributed by atoms with van der Waals surface area (Å²) in [4.78, 5) is 24.5. The molecule has 0 radical (unpaired) electrons. The Morgan fingerprint density at radius 2 is 1.75 bits per heavy atom. The molecule has 1 heterocycles. The van der Waals surface area contributed by atoms with Gasteiger partial charge in [0, 0.05) is 18.2 Å². The highest BCUT2D eigenvalue weighted by Crippen LogP contribution is 2.26. The summed E-state index contributed by atoms with van der Waals surface area (Å²) in [5.74, 6) is -0.223. The van der Waals surface area contributed by atoms with Gasteiger partial charge in [0.1, 0.15) is 11.5 Å². The number of esters is 1. The molecule has 0 aliphatic heterocycles. The minimum Gasteiger partial charge on any atom is -0.619 e. The van der Waals surface area contributed by atoms with E-state index in [0.717, 1.165) is 0 Å². The Labute approximate surface area is 139 Å². The third-order valence-electron chi connectivity index (χ3n) is 3.36. The average Bonchev–Trinajstić information content (AvgIpc) is 2.60. The zero-order valence-electron chi connectivity index (χ0n) is 13.5. The summed E-state index contributed by atoms with van der Waals surface area (Å²) in [6.07, 6.45) is 1.34. The van der Waals surface area contributed by atoms with Crippen LogP contribution in [0.1, 0.15) is 27.6 Å². The summed E-state index contributed by atoms with van der Waals surface area (Å²) in [7, 11) is 2.94. The Bertz CT molecular complexity index is 741. The molecular weight excluding hydrogens is 314 g/mol. The molecule has 2 aromatic rings. The molecule has 24 heavy (non-hydrogen) atoms. The number of carbonyl (C=O) groups is 2. The van der Waals surface area contributed by atoms with E-state index in [4.69, 9.17) is 14.2 Å². The van der Waals surface area contributed by atoms with Crippen molar-refractivity contribution < 1.29 is 28.5 Å². The first kappa shape index (κ1) is 17.3. The third kappa shape index (κ3) is 3.81. The minimum atomic E-state index is -1.01. The summed E-state index contributed by atoms with van der Waals surface area (Å²) in [6, 6.07) is 7.38. The number of nitrogens with zero attached hydrogens (tertiary/aromatic N) is 1. The maximum atomic E-state index is 12.5. The van der Waals surface area contributed by atoms with Gasteiger partial charge < -0.3 is 19.4 Å². The first-order valence-corrected chi connectivity index (χ1v) is 7.12. The van der Waals surface area contributed by atoms with Crippen LogP contribution in [0.25, 0.3) is 0 Å². The van der Waals surface area contributed by atoms with Gasteiger partial charge in [-0.2, -0.15) is 4.73 Å². The number of aromatic nitrogens is 1. The number of pyridine rings is 1. The fraction of sp³-hybridized carbons (Fsp3) is 0.235. The van der Waals surface area contributed by atoms with Gasteiger partial charge in [0.2, 0.25) is 5.78 Å². The van der Waals surface area contributed by atoms with Crippen LogP contribution in [-0.4, -0.2) is 32.1 Å². The Kier molecular flexibility index (Phi) is 5.36. The largest absolute Gasteiger partial charge is 0.619 e. The Hall–Kier alpha value is -3.09. The maximum absolute atomic E-state index is 12.5. The first-order chi connectivity index (χ1) is 11.5.